The predicted molar refractivity (Wildman–Crippen MR) is 101 cm³/mol. The molecule has 1 aromatic heterocycles. The fraction of sp³-hybridized carbons (Fsp3) is 0.222. The van der Waals surface area contributed by atoms with Crippen molar-refractivity contribution in [1.29, 1.82) is 0 Å². The van der Waals surface area contributed by atoms with E-state index in [2.05, 4.69) is 16.7 Å². The molecule has 3 aromatic rings. The number of hydrogen-bond donors (Lipinski definition) is 0. The minimum absolute atomic E-state index is 0.170. The Morgan fingerprint density at radius 2 is 1.80 bits per heavy atom. The molecule has 1 aliphatic rings. The van der Waals surface area contributed by atoms with E-state index < -0.39 is 10.0 Å². The standard InChI is InChI=1S/C18H16Cl2N2O2S/c1-21-17-5-3-2-4-13(17)14-8-9-22(11-18(14)21)25(23,24)12-6-7-15(19)16(20)10-12/h2-7,10H,8-9,11H2,1H3. The maximum absolute atomic E-state index is 13.0. The van der Waals surface area contributed by atoms with Gasteiger partial charge in [0.2, 0.25) is 10.0 Å². The molecule has 0 N–H and O–H groups in total. The van der Waals surface area contributed by atoms with Gasteiger partial charge in [0.15, 0.2) is 0 Å². The average Bonchev–Trinajstić information content (AvgIpc) is 2.90. The Labute approximate surface area is 156 Å². The third kappa shape index (κ3) is 2.66. The van der Waals surface area contributed by atoms with Gasteiger partial charge in [-0.3, -0.25) is 0 Å². The summed E-state index contributed by atoms with van der Waals surface area (Å²) >= 11 is 11.9. The molecule has 0 fully saturated rings. The number of halogens is 2. The van der Waals surface area contributed by atoms with Crippen LogP contribution in [0.5, 0.6) is 0 Å². The molecular formula is C18H16Cl2N2O2S. The lowest BCUT2D eigenvalue weighted by Crippen LogP contribution is -2.36. The van der Waals surface area contributed by atoms with E-state index >= 15 is 0 Å². The van der Waals surface area contributed by atoms with Gasteiger partial charge < -0.3 is 4.57 Å². The topological polar surface area (TPSA) is 42.3 Å². The first kappa shape index (κ1) is 16.9. The van der Waals surface area contributed by atoms with Gasteiger partial charge in [-0.1, -0.05) is 41.4 Å². The van der Waals surface area contributed by atoms with Crippen LogP contribution >= 0.6 is 23.2 Å². The molecule has 0 radical (unpaired) electrons. The molecule has 1 aliphatic heterocycles. The summed E-state index contributed by atoms with van der Waals surface area (Å²) in [6.07, 6.45) is 0.692. The first-order valence-electron chi connectivity index (χ1n) is 7.90. The van der Waals surface area contributed by atoms with Crippen molar-refractivity contribution in [2.75, 3.05) is 6.54 Å². The van der Waals surface area contributed by atoms with Crippen molar-refractivity contribution in [2.24, 2.45) is 7.05 Å². The van der Waals surface area contributed by atoms with Crippen molar-refractivity contribution in [2.45, 2.75) is 17.9 Å². The van der Waals surface area contributed by atoms with Crippen LogP contribution in [0.2, 0.25) is 10.0 Å². The van der Waals surface area contributed by atoms with Gasteiger partial charge >= 0.3 is 0 Å². The molecule has 0 amide bonds. The molecule has 2 heterocycles. The minimum atomic E-state index is -3.62. The van der Waals surface area contributed by atoms with Crippen LogP contribution in [0.4, 0.5) is 0 Å². The molecule has 0 spiro atoms. The highest BCUT2D eigenvalue weighted by atomic mass is 35.5. The summed E-state index contributed by atoms with van der Waals surface area (Å²) in [5.41, 5.74) is 3.40. The second-order valence-corrected chi connectivity index (χ2v) is 8.92. The highest BCUT2D eigenvalue weighted by Crippen LogP contribution is 2.33. The van der Waals surface area contributed by atoms with Crippen molar-refractivity contribution in [1.82, 2.24) is 8.87 Å². The third-order valence-corrected chi connectivity index (χ3v) is 7.39. The lowest BCUT2D eigenvalue weighted by Gasteiger charge is -2.27. The Balaban J connectivity index is 1.76. The molecule has 0 saturated heterocycles. The number of para-hydroxylation sites is 1. The van der Waals surface area contributed by atoms with Gasteiger partial charge in [0, 0.05) is 30.2 Å². The van der Waals surface area contributed by atoms with Crippen LogP contribution in [0.3, 0.4) is 0 Å². The third-order valence-electron chi connectivity index (χ3n) is 4.81. The van der Waals surface area contributed by atoms with Gasteiger partial charge in [-0.15, -0.1) is 0 Å². The summed E-state index contributed by atoms with van der Waals surface area (Å²) in [7, 11) is -1.64. The summed E-state index contributed by atoms with van der Waals surface area (Å²) in [6.45, 7) is 0.798. The van der Waals surface area contributed by atoms with Crippen molar-refractivity contribution >= 4 is 44.1 Å². The van der Waals surface area contributed by atoms with Crippen molar-refractivity contribution in [3.63, 3.8) is 0 Å². The number of nitrogens with zero attached hydrogens (tertiary/aromatic N) is 2. The molecular weight excluding hydrogens is 379 g/mol. The Kier molecular flexibility index (Phi) is 4.07. The molecule has 130 valence electrons. The normalized spacial score (nSPS) is 15.5. The lowest BCUT2D eigenvalue weighted by molar-refractivity contribution is 0.383. The van der Waals surface area contributed by atoms with Crippen LogP contribution in [0.25, 0.3) is 10.9 Å². The van der Waals surface area contributed by atoms with Crippen molar-refractivity contribution < 1.29 is 8.42 Å². The zero-order valence-corrected chi connectivity index (χ0v) is 15.9. The molecule has 4 rings (SSSR count). The quantitative estimate of drug-likeness (QED) is 0.652. The Hall–Kier alpha value is -1.53. The van der Waals surface area contributed by atoms with E-state index in [0.717, 1.165) is 11.2 Å². The predicted octanol–water partition coefficient (Wildman–Crippen LogP) is 4.23. The van der Waals surface area contributed by atoms with Crippen molar-refractivity contribution in [3.8, 4) is 0 Å². The van der Waals surface area contributed by atoms with Gasteiger partial charge in [-0.05, 0) is 36.2 Å². The van der Waals surface area contributed by atoms with E-state index in [4.69, 9.17) is 23.2 Å². The zero-order chi connectivity index (χ0) is 17.8. The Bertz CT molecular complexity index is 1090. The fourth-order valence-corrected chi connectivity index (χ4v) is 5.27. The average molecular weight is 395 g/mol. The fourth-order valence-electron chi connectivity index (χ4n) is 3.48. The van der Waals surface area contributed by atoms with Gasteiger partial charge in [0.05, 0.1) is 21.5 Å². The van der Waals surface area contributed by atoms with Crippen LogP contribution in [0.15, 0.2) is 47.4 Å². The van der Waals surface area contributed by atoms with E-state index in [-0.39, 0.29) is 9.92 Å². The highest BCUT2D eigenvalue weighted by molar-refractivity contribution is 7.89. The van der Waals surface area contributed by atoms with Crippen molar-refractivity contribution in [3.05, 3.63) is 63.8 Å². The van der Waals surface area contributed by atoms with E-state index in [1.807, 2.05) is 19.2 Å². The number of benzene rings is 2. The summed E-state index contributed by atoms with van der Waals surface area (Å²) in [5.74, 6) is 0. The largest absolute Gasteiger partial charge is 0.346 e. The zero-order valence-electron chi connectivity index (χ0n) is 13.5. The van der Waals surface area contributed by atoms with Crippen LogP contribution in [0.1, 0.15) is 11.3 Å². The number of hydrogen-bond acceptors (Lipinski definition) is 2. The first-order chi connectivity index (χ1) is 11.9. The smallest absolute Gasteiger partial charge is 0.243 e. The monoisotopic (exact) mass is 394 g/mol. The molecule has 0 unspecified atom stereocenters. The second-order valence-electron chi connectivity index (χ2n) is 6.17. The Morgan fingerprint density at radius 3 is 2.56 bits per heavy atom. The van der Waals surface area contributed by atoms with E-state index in [1.54, 1.807) is 0 Å². The summed E-state index contributed by atoms with van der Waals surface area (Å²) < 4.78 is 29.6. The molecule has 4 nitrogen and oxygen atoms in total. The van der Waals surface area contributed by atoms with Gasteiger partial charge in [-0.25, -0.2) is 8.42 Å². The molecule has 0 aliphatic carbocycles. The van der Waals surface area contributed by atoms with Crippen LogP contribution in [-0.4, -0.2) is 23.8 Å². The number of rotatable bonds is 2. The number of fused-ring (bicyclic) bond motifs is 3. The SMILES string of the molecule is Cn1c2c(c3ccccc31)CCN(S(=O)(=O)c1ccc(Cl)c(Cl)c1)C2. The highest BCUT2D eigenvalue weighted by Gasteiger charge is 2.31. The second kappa shape index (κ2) is 6.02. The molecule has 0 saturated carbocycles. The van der Waals surface area contributed by atoms with Gasteiger partial charge in [0.25, 0.3) is 0 Å². The molecule has 7 heteroatoms. The first-order valence-corrected chi connectivity index (χ1v) is 10.1. The summed E-state index contributed by atoms with van der Waals surface area (Å²) in [6, 6.07) is 12.6. The Morgan fingerprint density at radius 1 is 1.04 bits per heavy atom. The van der Waals surface area contributed by atoms with Crippen LogP contribution in [0, 0.1) is 0 Å². The molecule has 0 bridgehead atoms. The molecule has 0 atom stereocenters. The van der Waals surface area contributed by atoms with Crippen LogP contribution in [-0.2, 0) is 30.0 Å². The van der Waals surface area contributed by atoms with Gasteiger partial charge in [0.1, 0.15) is 0 Å². The summed E-state index contributed by atoms with van der Waals surface area (Å²) in [5, 5.41) is 1.78. The van der Waals surface area contributed by atoms with E-state index in [9.17, 15) is 8.42 Å². The molecule has 2 aromatic carbocycles. The lowest BCUT2D eigenvalue weighted by atomic mass is 10.1. The maximum Gasteiger partial charge on any atom is 0.243 e. The number of sulfonamides is 1. The number of aromatic nitrogens is 1. The van der Waals surface area contributed by atoms with Crippen LogP contribution < -0.4 is 0 Å². The number of aryl methyl sites for hydroxylation is 1. The van der Waals surface area contributed by atoms with Gasteiger partial charge in [-0.2, -0.15) is 4.31 Å². The van der Waals surface area contributed by atoms with E-state index in [0.29, 0.717) is 24.5 Å². The maximum atomic E-state index is 13.0. The summed E-state index contributed by atoms with van der Waals surface area (Å²) in [4.78, 5) is 0.170. The minimum Gasteiger partial charge on any atom is -0.346 e. The van der Waals surface area contributed by atoms with E-state index in [1.165, 1.54) is 33.5 Å². The molecule has 25 heavy (non-hydrogen) atoms.